The molecule has 0 rings (SSSR count). The zero-order valence-corrected chi connectivity index (χ0v) is 40.5. The van der Waals surface area contributed by atoms with Gasteiger partial charge in [-0.15, -0.1) is 0 Å². The molecular formula is C57H92O6. The third-order valence-electron chi connectivity index (χ3n) is 10.2. The molecule has 0 aliphatic rings. The Balaban J connectivity index is 4.46. The molecular weight excluding hydrogens is 781 g/mol. The second kappa shape index (κ2) is 50.7. The summed E-state index contributed by atoms with van der Waals surface area (Å²) < 4.78 is 16.7. The maximum Gasteiger partial charge on any atom is 0.306 e. The predicted molar refractivity (Wildman–Crippen MR) is 270 cm³/mol. The second-order valence-corrected chi connectivity index (χ2v) is 16.3. The molecule has 1 atom stereocenters. The van der Waals surface area contributed by atoms with E-state index in [-0.39, 0.29) is 31.1 Å². The van der Waals surface area contributed by atoms with Crippen molar-refractivity contribution in [1.82, 2.24) is 0 Å². The van der Waals surface area contributed by atoms with Crippen LogP contribution in [0.15, 0.2) is 109 Å². The quantitative estimate of drug-likeness (QED) is 0.0263. The van der Waals surface area contributed by atoms with Crippen LogP contribution in [-0.4, -0.2) is 37.2 Å². The highest BCUT2D eigenvalue weighted by atomic mass is 16.6. The van der Waals surface area contributed by atoms with Gasteiger partial charge in [0.05, 0.1) is 0 Å². The first-order valence-corrected chi connectivity index (χ1v) is 25.4. The number of esters is 3. The smallest absolute Gasteiger partial charge is 0.306 e. The molecule has 0 spiro atoms. The normalized spacial score (nSPS) is 13.0. The maximum absolute atomic E-state index is 12.8. The Morgan fingerprint density at radius 1 is 0.333 bits per heavy atom. The van der Waals surface area contributed by atoms with Crippen molar-refractivity contribution in [2.75, 3.05) is 13.2 Å². The molecule has 0 aromatic rings. The van der Waals surface area contributed by atoms with E-state index in [0.29, 0.717) is 19.3 Å². The Labute approximate surface area is 387 Å². The van der Waals surface area contributed by atoms with E-state index in [9.17, 15) is 14.4 Å². The van der Waals surface area contributed by atoms with Crippen LogP contribution in [0, 0.1) is 0 Å². The summed E-state index contributed by atoms with van der Waals surface area (Å²) in [6, 6.07) is 0. The van der Waals surface area contributed by atoms with Crippen molar-refractivity contribution in [2.45, 2.75) is 219 Å². The predicted octanol–water partition coefficient (Wildman–Crippen LogP) is 16.8. The second-order valence-electron chi connectivity index (χ2n) is 16.3. The average Bonchev–Trinajstić information content (AvgIpc) is 3.28. The number of allylic oxidation sites excluding steroid dienone is 18. The molecule has 0 aliphatic heterocycles. The van der Waals surface area contributed by atoms with Crippen LogP contribution in [0.2, 0.25) is 0 Å². The van der Waals surface area contributed by atoms with Gasteiger partial charge in [-0.1, -0.05) is 188 Å². The number of carbonyl (C=O) groups excluding carboxylic acids is 3. The van der Waals surface area contributed by atoms with Crippen LogP contribution in [0.5, 0.6) is 0 Å². The minimum Gasteiger partial charge on any atom is -0.462 e. The van der Waals surface area contributed by atoms with Crippen LogP contribution in [0.1, 0.15) is 213 Å². The topological polar surface area (TPSA) is 78.9 Å². The van der Waals surface area contributed by atoms with Crippen LogP contribution in [0.3, 0.4) is 0 Å². The number of carbonyl (C=O) groups is 3. The van der Waals surface area contributed by atoms with E-state index in [0.717, 1.165) is 148 Å². The maximum atomic E-state index is 12.8. The number of rotatable bonds is 44. The van der Waals surface area contributed by atoms with Crippen LogP contribution in [-0.2, 0) is 28.6 Å². The Kier molecular flexibility index (Phi) is 47.5. The van der Waals surface area contributed by atoms with Gasteiger partial charge in [0, 0.05) is 19.3 Å². The molecule has 1 unspecified atom stereocenters. The average molecular weight is 873 g/mol. The lowest BCUT2D eigenvalue weighted by molar-refractivity contribution is -0.167. The Hall–Kier alpha value is -3.93. The standard InChI is InChI=1S/C57H92O6/c1-4-7-10-13-16-19-22-24-26-28-29-30-32-33-35-38-41-44-47-50-56(59)62-53-54(52-61-55(58)49-46-43-40-37-21-18-15-12-9-6-3)63-57(60)51-48-45-42-39-36-34-31-27-25-23-20-17-14-11-8-5-2/h7-8,10-11,15-20,24-27,29-30,33,35,54H,4-6,9,12-14,21-23,28,31-32,34,36-53H2,1-3H3/b10-7-,11-8-,18-15-,19-16-,20-17-,26-24-,27-25-,30-29-,35-33-. The van der Waals surface area contributed by atoms with Crippen molar-refractivity contribution in [3.05, 3.63) is 109 Å². The Morgan fingerprint density at radius 3 is 1.00 bits per heavy atom. The van der Waals surface area contributed by atoms with Gasteiger partial charge in [0.2, 0.25) is 0 Å². The lowest BCUT2D eigenvalue weighted by atomic mass is 10.1. The third-order valence-corrected chi connectivity index (χ3v) is 10.2. The molecule has 0 saturated carbocycles. The van der Waals surface area contributed by atoms with E-state index < -0.39 is 6.10 Å². The van der Waals surface area contributed by atoms with Crippen molar-refractivity contribution in [3.63, 3.8) is 0 Å². The lowest BCUT2D eigenvalue weighted by Gasteiger charge is -2.18. The summed E-state index contributed by atoms with van der Waals surface area (Å²) in [6.07, 6.45) is 67.9. The van der Waals surface area contributed by atoms with Gasteiger partial charge in [-0.3, -0.25) is 14.4 Å². The molecule has 6 heteroatoms. The first-order valence-electron chi connectivity index (χ1n) is 25.4. The molecule has 356 valence electrons. The molecule has 0 aromatic carbocycles. The monoisotopic (exact) mass is 873 g/mol. The van der Waals surface area contributed by atoms with Crippen LogP contribution >= 0.6 is 0 Å². The molecule has 0 N–H and O–H groups in total. The van der Waals surface area contributed by atoms with E-state index in [1.54, 1.807) is 0 Å². The number of hydrogen-bond donors (Lipinski definition) is 0. The number of hydrogen-bond acceptors (Lipinski definition) is 6. The molecule has 0 aliphatic carbocycles. The van der Waals surface area contributed by atoms with E-state index in [2.05, 4.69) is 130 Å². The van der Waals surface area contributed by atoms with E-state index in [1.807, 2.05) is 0 Å². The fourth-order valence-electron chi connectivity index (χ4n) is 6.46. The SMILES string of the molecule is CC/C=C\C/C=C\C/C=C\C/C=C\C/C=C\CCCCCC(=O)OCC(COC(=O)CCCCCC/C=C\CCCC)OC(=O)CCCCCCCC/C=C\C/C=C\C/C=C\CC. The molecule has 0 saturated heterocycles. The fraction of sp³-hybridized carbons (Fsp3) is 0.632. The van der Waals surface area contributed by atoms with Crippen molar-refractivity contribution < 1.29 is 28.6 Å². The Morgan fingerprint density at radius 2 is 0.619 bits per heavy atom. The highest BCUT2D eigenvalue weighted by molar-refractivity contribution is 5.71. The minimum absolute atomic E-state index is 0.102. The van der Waals surface area contributed by atoms with Crippen molar-refractivity contribution in [1.29, 1.82) is 0 Å². The summed E-state index contributed by atoms with van der Waals surface area (Å²) in [5, 5.41) is 0. The van der Waals surface area contributed by atoms with Crippen molar-refractivity contribution >= 4 is 17.9 Å². The largest absolute Gasteiger partial charge is 0.462 e. The van der Waals surface area contributed by atoms with Gasteiger partial charge < -0.3 is 14.2 Å². The number of ether oxygens (including phenoxy) is 3. The zero-order chi connectivity index (χ0) is 45.8. The van der Waals surface area contributed by atoms with Gasteiger partial charge in [0.1, 0.15) is 13.2 Å². The lowest BCUT2D eigenvalue weighted by Crippen LogP contribution is -2.30. The molecule has 6 nitrogen and oxygen atoms in total. The van der Waals surface area contributed by atoms with Gasteiger partial charge in [0.15, 0.2) is 6.10 Å². The summed E-state index contributed by atoms with van der Waals surface area (Å²) in [4.78, 5) is 37.9. The highest BCUT2D eigenvalue weighted by Crippen LogP contribution is 2.13. The van der Waals surface area contributed by atoms with Crippen molar-refractivity contribution in [2.24, 2.45) is 0 Å². The molecule has 63 heavy (non-hydrogen) atoms. The number of unbranched alkanes of at least 4 members (excludes halogenated alkanes) is 15. The summed E-state index contributed by atoms with van der Waals surface area (Å²) in [6.45, 7) is 6.30. The molecule has 0 fully saturated rings. The molecule has 0 heterocycles. The summed E-state index contributed by atoms with van der Waals surface area (Å²) in [5.74, 6) is -0.969. The van der Waals surface area contributed by atoms with Crippen LogP contribution in [0.4, 0.5) is 0 Å². The first-order chi connectivity index (χ1) is 31.0. The van der Waals surface area contributed by atoms with Gasteiger partial charge in [-0.05, 0) is 116 Å². The summed E-state index contributed by atoms with van der Waals surface area (Å²) in [7, 11) is 0. The molecule has 0 radical (unpaired) electrons. The Bertz CT molecular complexity index is 1330. The first kappa shape index (κ1) is 59.1. The van der Waals surface area contributed by atoms with Gasteiger partial charge in [0.25, 0.3) is 0 Å². The molecule has 0 amide bonds. The highest BCUT2D eigenvalue weighted by Gasteiger charge is 2.19. The fourth-order valence-corrected chi connectivity index (χ4v) is 6.46. The van der Waals surface area contributed by atoms with Gasteiger partial charge in [-0.2, -0.15) is 0 Å². The summed E-state index contributed by atoms with van der Waals surface area (Å²) >= 11 is 0. The van der Waals surface area contributed by atoms with E-state index in [4.69, 9.17) is 14.2 Å². The van der Waals surface area contributed by atoms with Crippen molar-refractivity contribution in [3.8, 4) is 0 Å². The molecule has 0 aromatic heterocycles. The summed E-state index contributed by atoms with van der Waals surface area (Å²) in [5.41, 5.74) is 0. The van der Waals surface area contributed by atoms with E-state index >= 15 is 0 Å². The molecule has 0 bridgehead atoms. The van der Waals surface area contributed by atoms with E-state index in [1.165, 1.54) is 25.7 Å². The zero-order valence-electron chi connectivity index (χ0n) is 40.5. The van der Waals surface area contributed by atoms with Crippen LogP contribution in [0.25, 0.3) is 0 Å². The third kappa shape index (κ3) is 49.0. The van der Waals surface area contributed by atoms with Gasteiger partial charge in [-0.25, -0.2) is 0 Å². The van der Waals surface area contributed by atoms with Crippen LogP contribution < -0.4 is 0 Å². The minimum atomic E-state index is -0.804. The van der Waals surface area contributed by atoms with Gasteiger partial charge >= 0.3 is 17.9 Å².